The van der Waals surface area contributed by atoms with E-state index >= 15 is 0 Å². The van der Waals surface area contributed by atoms with Crippen LogP contribution in [0, 0.1) is 0 Å². The molecular weight excluding hydrogens is 192 g/mol. The first-order valence-corrected chi connectivity index (χ1v) is 7.03. The average Bonchev–Trinajstić information content (AvgIpc) is 2.58. The third kappa shape index (κ3) is 4.50. The Hall–Kier alpha value is 0.0200. The summed E-state index contributed by atoms with van der Waals surface area (Å²) in [6.45, 7) is 2.24. The van der Waals surface area contributed by atoms with Crippen LogP contribution in [0.25, 0.3) is 0 Å². The van der Waals surface area contributed by atoms with Gasteiger partial charge < -0.3 is 0 Å². The molecule has 0 aromatic carbocycles. The van der Waals surface area contributed by atoms with Crippen LogP contribution in [0.2, 0.25) is 0 Å². The molecule has 0 spiro atoms. The van der Waals surface area contributed by atoms with Crippen molar-refractivity contribution >= 4 is 17.5 Å². The van der Waals surface area contributed by atoms with Crippen molar-refractivity contribution in [1.29, 1.82) is 0 Å². The summed E-state index contributed by atoms with van der Waals surface area (Å²) in [7, 11) is 0. The van der Waals surface area contributed by atoms with Crippen LogP contribution in [-0.2, 0) is 4.79 Å². The van der Waals surface area contributed by atoms with Crippen molar-refractivity contribution in [3.63, 3.8) is 0 Å². The zero-order valence-corrected chi connectivity index (χ0v) is 10.1. The van der Waals surface area contributed by atoms with Crippen molar-refractivity contribution in [1.82, 2.24) is 0 Å². The number of Topliss-reactive ketones (excluding diaryl/α,β-unsaturated/α-hetero) is 1. The number of ketones is 1. The van der Waals surface area contributed by atoms with E-state index in [-0.39, 0.29) is 0 Å². The molecule has 1 aliphatic rings. The van der Waals surface area contributed by atoms with Gasteiger partial charge in [0.1, 0.15) is 5.78 Å². The van der Waals surface area contributed by atoms with Gasteiger partial charge in [0.05, 0.1) is 5.25 Å². The smallest absolute Gasteiger partial charge is 0.145 e. The van der Waals surface area contributed by atoms with Gasteiger partial charge in [-0.25, -0.2) is 0 Å². The second-order valence-electron chi connectivity index (χ2n) is 4.13. The normalized spacial score (nSPS) is 21.8. The highest BCUT2D eigenvalue weighted by molar-refractivity contribution is 8.00. The lowest BCUT2D eigenvalue weighted by molar-refractivity contribution is -0.116. The standard InChI is InChI=1S/C12H22OS/c1-2-3-4-5-6-10-14-12-9-7-8-11(12)13/h12H,2-10H2,1H3. The van der Waals surface area contributed by atoms with Crippen molar-refractivity contribution < 1.29 is 4.79 Å². The second-order valence-corrected chi connectivity index (χ2v) is 5.44. The van der Waals surface area contributed by atoms with E-state index in [1.165, 1.54) is 37.9 Å². The Labute approximate surface area is 92.0 Å². The number of rotatable bonds is 7. The zero-order valence-electron chi connectivity index (χ0n) is 9.26. The molecule has 1 rings (SSSR count). The van der Waals surface area contributed by atoms with Gasteiger partial charge in [0.25, 0.3) is 0 Å². The molecule has 0 saturated heterocycles. The number of carbonyl (C=O) groups excluding carboxylic acids is 1. The molecule has 1 unspecified atom stereocenters. The first-order valence-electron chi connectivity index (χ1n) is 5.99. The average molecular weight is 214 g/mol. The lowest BCUT2D eigenvalue weighted by Gasteiger charge is -2.06. The summed E-state index contributed by atoms with van der Waals surface area (Å²) in [5.41, 5.74) is 0. The summed E-state index contributed by atoms with van der Waals surface area (Å²) >= 11 is 1.90. The number of hydrogen-bond acceptors (Lipinski definition) is 2. The molecule has 0 aromatic heterocycles. The second kappa shape index (κ2) is 7.33. The van der Waals surface area contributed by atoms with Gasteiger partial charge in [0.2, 0.25) is 0 Å². The molecule has 0 heterocycles. The molecule has 0 aliphatic heterocycles. The topological polar surface area (TPSA) is 17.1 Å². The summed E-state index contributed by atoms with van der Waals surface area (Å²) in [5.74, 6) is 1.70. The van der Waals surface area contributed by atoms with Gasteiger partial charge in [-0.15, -0.1) is 0 Å². The van der Waals surface area contributed by atoms with E-state index in [2.05, 4.69) is 6.92 Å². The quantitative estimate of drug-likeness (QED) is 0.599. The van der Waals surface area contributed by atoms with Gasteiger partial charge in [-0.05, 0) is 25.0 Å². The number of carbonyl (C=O) groups is 1. The van der Waals surface area contributed by atoms with Crippen molar-refractivity contribution in [3.05, 3.63) is 0 Å². The van der Waals surface area contributed by atoms with Gasteiger partial charge in [0, 0.05) is 6.42 Å². The summed E-state index contributed by atoms with van der Waals surface area (Å²) < 4.78 is 0. The van der Waals surface area contributed by atoms with Crippen molar-refractivity contribution in [2.45, 2.75) is 63.5 Å². The van der Waals surface area contributed by atoms with Crippen molar-refractivity contribution in [2.75, 3.05) is 5.75 Å². The van der Waals surface area contributed by atoms with E-state index in [0.29, 0.717) is 11.0 Å². The predicted octanol–water partition coefficient (Wildman–Crippen LogP) is 3.81. The molecule has 1 atom stereocenters. The molecule has 0 aromatic rings. The van der Waals surface area contributed by atoms with E-state index in [9.17, 15) is 4.79 Å². The largest absolute Gasteiger partial charge is 0.298 e. The highest BCUT2D eigenvalue weighted by Crippen LogP contribution is 2.27. The maximum Gasteiger partial charge on any atom is 0.145 e. The minimum atomic E-state index is 0.362. The lowest BCUT2D eigenvalue weighted by Crippen LogP contribution is -2.08. The number of thioether (sulfide) groups is 1. The molecular formula is C12H22OS. The molecule has 1 fully saturated rings. The molecule has 0 radical (unpaired) electrons. The van der Waals surface area contributed by atoms with Crippen LogP contribution in [0.5, 0.6) is 0 Å². The molecule has 1 nitrogen and oxygen atoms in total. The zero-order chi connectivity index (χ0) is 10.2. The van der Waals surface area contributed by atoms with Gasteiger partial charge in [-0.2, -0.15) is 11.8 Å². The Morgan fingerprint density at radius 3 is 2.71 bits per heavy atom. The van der Waals surface area contributed by atoms with Crippen LogP contribution in [0.15, 0.2) is 0 Å². The van der Waals surface area contributed by atoms with Crippen molar-refractivity contribution in [2.24, 2.45) is 0 Å². The fourth-order valence-corrected chi connectivity index (χ4v) is 3.18. The number of unbranched alkanes of at least 4 members (excludes halogenated alkanes) is 4. The molecule has 0 N–H and O–H groups in total. The van der Waals surface area contributed by atoms with Crippen LogP contribution in [0.3, 0.4) is 0 Å². The SMILES string of the molecule is CCCCCCCSC1CCCC1=O. The lowest BCUT2D eigenvalue weighted by atomic mass is 10.2. The third-order valence-corrected chi connectivity index (χ3v) is 4.24. The van der Waals surface area contributed by atoms with Gasteiger partial charge in [-0.1, -0.05) is 32.6 Å². The van der Waals surface area contributed by atoms with Crippen LogP contribution < -0.4 is 0 Å². The summed E-state index contributed by atoms with van der Waals surface area (Å²) in [6, 6.07) is 0. The molecule has 0 amide bonds. The highest BCUT2D eigenvalue weighted by atomic mass is 32.2. The maximum atomic E-state index is 11.3. The molecule has 0 bridgehead atoms. The fraction of sp³-hybridized carbons (Fsp3) is 0.917. The Balaban J connectivity index is 1.90. The minimum absolute atomic E-state index is 0.362. The fourth-order valence-electron chi connectivity index (χ4n) is 1.89. The molecule has 1 aliphatic carbocycles. The number of hydrogen-bond donors (Lipinski definition) is 0. The third-order valence-electron chi connectivity index (χ3n) is 2.82. The van der Waals surface area contributed by atoms with E-state index in [0.717, 1.165) is 19.3 Å². The summed E-state index contributed by atoms with van der Waals surface area (Å²) in [4.78, 5) is 11.3. The van der Waals surface area contributed by atoms with Gasteiger partial charge in [0.15, 0.2) is 0 Å². The first kappa shape index (κ1) is 12.1. The first-order chi connectivity index (χ1) is 6.84. The Kier molecular flexibility index (Phi) is 6.33. The van der Waals surface area contributed by atoms with Crippen LogP contribution in [0.1, 0.15) is 58.3 Å². The Morgan fingerprint density at radius 1 is 1.29 bits per heavy atom. The summed E-state index contributed by atoms with van der Waals surface area (Å²) in [6.07, 6.45) is 9.81. The van der Waals surface area contributed by atoms with Gasteiger partial charge >= 0.3 is 0 Å². The predicted molar refractivity (Wildman–Crippen MR) is 63.9 cm³/mol. The summed E-state index contributed by atoms with van der Waals surface area (Å²) in [5, 5.41) is 0.362. The molecule has 1 saturated carbocycles. The minimum Gasteiger partial charge on any atom is -0.298 e. The van der Waals surface area contributed by atoms with Gasteiger partial charge in [-0.3, -0.25) is 4.79 Å². The molecule has 2 heteroatoms. The van der Waals surface area contributed by atoms with E-state index < -0.39 is 0 Å². The monoisotopic (exact) mass is 214 g/mol. The van der Waals surface area contributed by atoms with Crippen LogP contribution in [0.4, 0.5) is 0 Å². The molecule has 14 heavy (non-hydrogen) atoms. The van der Waals surface area contributed by atoms with Crippen LogP contribution >= 0.6 is 11.8 Å². The highest BCUT2D eigenvalue weighted by Gasteiger charge is 2.23. The Morgan fingerprint density at radius 2 is 2.07 bits per heavy atom. The van der Waals surface area contributed by atoms with E-state index in [4.69, 9.17) is 0 Å². The van der Waals surface area contributed by atoms with E-state index in [1.54, 1.807) is 0 Å². The maximum absolute atomic E-state index is 11.3. The van der Waals surface area contributed by atoms with E-state index in [1.807, 2.05) is 11.8 Å². The van der Waals surface area contributed by atoms with Crippen molar-refractivity contribution in [3.8, 4) is 0 Å². The van der Waals surface area contributed by atoms with Crippen LogP contribution in [-0.4, -0.2) is 16.8 Å². The molecule has 82 valence electrons. The Bertz CT molecular complexity index is 168.